The minimum atomic E-state index is -1.53. The zero-order valence-corrected chi connectivity index (χ0v) is 11.4. The van der Waals surface area contributed by atoms with Gasteiger partial charge < -0.3 is 5.32 Å². The van der Waals surface area contributed by atoms with Gasteiger partial charge in [0.2, 0.25) is 0 Å². The van der Waals surface area contributed by atoms with Crippen LogP contribution in [0.4, 0.5) is 27.6 Å². The molecule has 0 bridgehead atoms. The predicted octanol–water partition coefficient (Wildman–Crippen LogP) is 4.76. The van der Waals surface area contributed by atoms with Gasteiger partial charge in [0.05, 0.1) is 4.47 Å². The summed E-state index contributed by atoms with van der Waals surface area (Å²) in [5.74, 6) is -6.64. The molecule has 0 saturated carbocycles. The van der Waals surface area contributed by atoms with Crippen LogP contribution < -0.4 is 5.32 Å². The molecule has 106 valence electrons. The quantitative estimate of drug-likeness (QED) is 0.621. The number of hydrogen-bond donors (Lipinski definition) is 1. The lowest BCUT2D eigenvalue weighted by atomic mass is 10.2. The number of rotatable bonds is 3. The minimum absolute atomic E-state index is 0.102. The average molecular weight is 352 g/mol. The summed E-state index contributed by atoms with van der Waals surface area (Å²) in [6.45, 7) is -0.213. The van der Waals surface area contributed by atoms with Crippen LogP contribution in [-0.4, -0.2) is 0 Å². The van der Waals surface area contributed by atoms with E-state index in [-0.39, 0.29) is 17.1 Å². The molecule has 2 aromatic carbocycles. The van der Waals surface area contributed by atoms with E-state index in [1.807, 2.05) is 0 Å². The van der Waals surface area contributed by atoms with Crippen molar-refractivity contribution in [3.63, 3.8) is 0 Å². The molecule has 0 fully saturated rings. The Hall–Kier alpha value is -1.63. The number of nitrogens with one attached hydrogen (secondary N) is 1. The first-order valence-corrected chi connectivity index (χ1v) is 6.21. The van der Waals surface area contributed by atoms with Crippen LogP contribution in [0, 0.1) is 29.1 Å². The third-order valence-electron chi connectivity index (χ3n) is 2.60. The van der Waals surface area contributed by atoms with E-state index in [2.05, 4.69) is 21.2 Å². The van der Waals surface area contributed by atoms with Crippen molar-refractivity contribution in [2.75, 3.05) is 5.32 Å². The lowest BCUT2D eigenvalue weighted by Crippen LogP contribution is -2.08. The van der Waals surface area contributed by atoms with E-state index in [9.17, 15) is 22.0 Å². The smallest absolute Gasteiger partial charge is 0.185 e. The molecule has 0 spiro atoms. The highest BCUT2D eigenvalue weighted by molar-refractivity contribution is 9.10. The molecule has 0 heterocycles. The van der Waals surface area contributed by atoms with Crippen molar-refractivity contribution in [3.05, 3.63) is 63.4 Å². The van der Waals surface area contributed by atoms with Gasteiger partial charge in [0, 0.05) is 12.6 Å². The summed E-state index contributed by atoms with van der Waals surface area (Å²) in [4.78, 5) is 0. The lowest BCUT2D eigenvalue weighted by molar-refractivity contribution is 0.458. The predicted molar refractivity (Wildman–Crippen MR) is 67.7 cm³/mol. The molecule has 1 N–H and O–H groups in total. The Balaban J connectivity index is 2.30. The van der Waals surface area contributed by atoms with Crippen LogP contribution in [0.15, 0.2) is 28.7 Å². The third-order valence-corrected chi connectivity index (χ3v) is 3.49. The molecule has 0 radical (unpaired) electrons. The molecule has 0 saturated heterocycles. The maximum absolute atomic E-state index is 13.4. The van der Waals surface area contributed by atoms with Gasteiger partial charge in [-0.3, -0.25) is 0 Å². The van der Waals surface area contributed by atoms with Gasteiger partial charge in [-0.1, -0.05) is 12.1 Å². The van der Waals surface area contributed by atoms with Gasteiger partial charge in [0.1, 0.15) is 11.5 Å². The average Bonchev–Trinajstić information content (AvgIpc) is 2.41. The van der Waals surface area contributed by atoms with Gasteiger partial charge in [0.25, 0.3) is 0 Å². The van der Waals surface area contributed by atoms with E-state index < -0.39 is 34.8 Å². The molecule has 0 unspecified atom stereocenters. The van der Waals surface area contributed by atoms with Crippen LogP contribution in [0.5, 0.6) is 0 Å². The second kappa shape index (κ2) is 5.78. The van der Waals surface area contributed by atoms with Crippen molar-refractivity contribution in [2.24, 2.45) is 0 Å². The molecule has 0 aliphatic carbocycles. The van der Waals surface area contributed by atoms with E-state index in [1.165, 1.54) is 18.2 Å². The van der Waals surface area contributed by atoms with Gasteiger partial charge in [-0.25, -0.2) is 22.0 Å². The van der Waals surface area contributed by atoms with Crippen LogP contribution >= 0.6 is 15.9 Å². The molecule has 0 aromatic heterocycles. The van der Waals surface area contributed by atoms with Crippen molar-refractivity contribution < 1.29 is 22.0 Å². The summed E-state index contributed by atoms with van der Waals surface area (Å²) in [5.41, 5.74) is -0.591. The monoisotopic (exact) mass is 351 g/mol. The number of halogens is 6. The van der Waals surface area contributed by atoms with Crippen LogP contribution in [0.25, 0.3) is 0 Å². The van der Waals surface area contributed by atoms with Crippen LogP contribution in [0.1, 0.15) is 5.56 Å². The van der Waals surface area contributed by atoms with Gasteiger partial charge >= 0.3 is 0 Å². The second-order valence-electron chi connectivity index (χ2n) is 3.91. The fraction of sp³-hybridized carbons (Fsp3) is 0.0769. The molecule has 2 rings (SSSR count). The Morgan fingerprint density at radius 3 is 2.10 bits per heavy atom. The fourth-order valence-electron chi connectivity index (χ4n) is 1.60. The first-order valence-electron chi connectivity index (χ1n) is 5.41. The molecule has 0 aliphatic heterocycles. The molecular formula is C13H7BrF5N. The number of hydrogen-bond acceptors (Lipinski definition) is 1. The van der Waals surface area contributed by atoms with Gasteiger partial charge in [-0.05, 0) is 27.6 Å². The van der Waals surface area contributed by atoms with Crippen molar-refractivity contribution >= 4 is 21.6 Å². The zero-order chi connectivity index (χ0) is 14.9. The minimum Gasteiger partial charge on any atom is -0.376 e. The highest BCUT2D eigenvalue weighted by Crippen LogP contribution is 2.26. The van der Waals surface area contributed by atoms with E-state index in [4.69, 9.17) is 0 Å². The molecular weight excluding hydrogens is 345 g/mol. The first kappa shape index (κ1) is 14.8. The van der Waals surface area contributed by atoms with Crippen molar-refractivity contribution in [1.29, 1.82) is 0 Å². The topological polar surface area (TPSA) is 12.0 Å². The van der Waals surface area contributed by atoms with Crippen molar-refractivity contribution in [2.45, 2.75) is 6.54 Å². The Morgan fingerprint density at radius 2 is 1.50 bits per heavy atom. The Kier molecular flexibility index (Phi) is 4.27. The molecule has 0 atom stereocenters. The summed E-state index contributed by atoms with van der Waals surface area (Å²) >= 11 is 2.97. The molecule has 1 nitrogen and oxygen atoms in total. The van der Waals surface area contributed by atoms with Crippen LogP contribution in [0.2, 0.25) is 0 Å². The van der Waals surface area contributed by atoms with Gasteiger partial charge in [0.15, 0.2) is 23.3 Å². The Labute approximate surface area is 119 Å². The standard InChI is InChI=1S/C13H7BrF5N/c14-10-6(2-1-3-7(10)15)5-20-13-11(18)8(16)4-9(17)12(13)19/h1-4,20H,5H2. The fourth-order valence-corrected chi connectivity index (χ4v) is 2.00. The molecule has 20 heavy (non-hydrogen) atoms. The molecule has 7 heteroatoms. The normalized spacial score (nSPS) is 10.7. The Morgan fingerprint density at radius 1 is 0.900 bits per heavy atom. The largest absolute Gasteiger partial charge is 0.376 e. The van der Waals surface area contributed by atoms with E-state index >= 15 is 0 Å². The number of anilines is 1. The second-order valence-corrected chi connectivity index (χ2v) is 4.70. The highest BCUT2D eigenvalue weighted by atomic mass is 79.9. The van der Waals surface area contributed by atoms with E-state index in [1.54, 1.807) is 0 Å². The first-order chi connectivity index (χ1) is 9.41. The molecule has 0 aliphatic rings. The van der Waals surface area contributed by atoms with Crippen molar-refractivity contribution in [1.82, 2.24) is 0 Å². The summed E-state index contributed by atoms with van der Waals surface area (Å²) < 4.78 is 66.1. The van der Waals surface area contributed by atoms with E-state index in [0.717, 1.165) is 0 Å². The summed E-state index contributed by atoms with van der Waals surface area (Å²) in [5, 5.41) is 2.22. The van der Waals surface area contributed by atoms with Crippen LogP contribution in [0.3, 0.4) is 0 Å². The van der Waals surface area contributed by atoms with Crippen LogP contribution in [-0.2, 0) is 6.54 Å². The number of benzene rings is 2. The molecule has 2 aromatic rings. The summed E-state index contributed by atoms with van der Waals surface area (Å²) in [7, 11) is 0. The summed E-state index contributed by atoms with van der Waals surface area (Å²) in [6, 6.07) is 4.20. The highest BCUT2D eigenvalue weighted by Gasteiger charge is 2.19. The maximum atomic E-state index is 13.4. The van der Waals surface area contributed by atoms with Gasteiger partial charge in [-0.2, -0.15) is 0 Å². The molecule has 0 amide bonds. The lowest BCUT2D eigenvalue weighted by Gasteiger charge is -2.11. The summed E-state index contributed by atoms with van der Waals surface area (Å²) in [6.07, 6.45) is 0. The Bertz CT molecular complexity index is 633. The maximum Gasteiger partial charge on any atom is 0.185 e. The SMILES string of the molecule is Fc1cc(F)c(F)c(NCc2cccc(F)c2Br)c1F. The van der Waals surface area contributed by atoms with Crippen molar-refractivity contribution in [3.8, 4) is 0 Å². The zero-order valence-electron chi connectivity index (χ0n) is 9.78. The third kappa shape index (κ3) is 2.77. The van der Waals surface area contributed by atoms with E-state index in [0.29, 0.717) is 5.56 Å². The van der Waals surface area contributed by atoms with Gasteiger partial charge in [-0.15, -0.1) is 0 Å².